The standard InChI is InChI=1S/C11H15N3O2.ClH/c1-14(16-2)11(15)6-3-8-7-9(12)4-5-10(8)13;/h3-7H,12-13H2,1-2H3;1H. The van der Waals surface area contributed by atoms with E-state index in [2.05, 4.69) is 0 Å². The van der Waals surface area contributed by atoms with Crippen molar-refractivity contribution in [1.82, 2.24) is 5.06 Å². The minimum atomic E-state index is -0.274. The normalized spacial score (nSPS) is 10.0. The fourth-order valence-electron chi connectivity index (χ4n) is 1.09. The SMILES string of the molecule is CON(C)C(=O)C=Cc1cc(N)ccc1N.Cl. The fourth-order valence-corrected chi connectivity index (χ4v) is 1.09. The Labute approximate surface area is 106 Å². The van der Waals surface area contributed by atoms with Gasteiger partial charge in [-0.2, -0.15) is 0 Å². The van der Waals surface area contributed by atoms with Crippen molar-refractivity contribution >= 4 is 35.8 Å². The van der Waals surface area contributed by atoms with Crippen LogP contribution in [0.5, 0.6) is 0 Å². The van der Waals surface area contributed by atoms with Crippen molar-refractivity contribution in [2.45, 2.75) is 0 Å². The van der Waals surface area contributed by atoms with Gasteiger partial charge in [-0.3, -0.25) is 9.63 Å². The van der Waals surface area contributed by atoms with Gasteiger partial charge in [0.15, 0.2) is 0 Å². The molecule has 4 N–H and O–H groups in total. The van der Waals surface area contributed by atoms with E-state index in [-0.39, 0.29) is 18.3 Å². The average Bonchev–Trinajstić information content (AvgIpc) is 2.28. The number of carbonyl (C=O) groups is 1. The molecular weight excluding hydrogens is 242 g/mol. The van der Waals surface area contributed by atoms with E-state index in [0.717, 1.165) is 5.06 Å². The van der Waals surface area contributed by atoms with Crippen LogP contribution in [0.1, 0.15) is 5.56 Å². The minimum Gasteiger partial charge on any atom is -0.399 e. The Morgan fingerprint density at radius 1 is 1.41 bits per heavy atom. The molecule has 17 heavy (non-hydrogen) atoms. The van der Waals surface area contributed by atoms with E-state index in [9.17, 15) is 4.79 Å². The molecular formula is C11H16ClN3O2. The van der Waals surface area contributed by atoms with Crippen molar-refractivity contribution in [3.05, 3.63) is 29.8 Å². The molecule has 0 spiro atoms. The summed E-state index contributed by atoms with van der Waals surface area (Å²) in [6.07, 6.45) is 2.97. The van der Waals surface area contributed by atoms with E-state index in [1.165, 1.54) is 20.2 Å². The molecule has 1 aromatic carbocycles. The highest BCUT2D eigenvalue weighted by molar-refractivity contribution is 5.92. The molecule has 1 amide bonds. The van der Waals surface area contributed by atoms with E-state index in [4.69, 9.17) is 16.3 Å². The number of hydrogen-bond acceptors (Lipinski definition) is 4. The van der Waals surface area contributed by atoms with Gasteiger partial charge in [0, 0.05) is 24.5 Å². The van der Waals surface area contributed by atoms with Crippen LogP contribution in [0.4, 0.5) is 11.4 Å². The number of nitrogens with zero attached hydrogens (tertiary/aromatic N) is 1. The van der Waals surface area contributed by atoms with E-state index in [1.807, 2.05) is 0 Å². The van der Waals surface area contributed by atoms with Gasteiger partial charge in [0.1, 0.15) is 0 Å². The maximum atomic E-state index is 11.4. The number of hydroxylamine groups is 2. The molecule has 0 aliphatic heterocycles. The zero-order valence-electron chi connectivity index (χ0n) is 9.71. The topological polar surface area (TPSA) is 81.6 Å². The van der Waals surface area contributed by atoms with Crippen LogP contribution < -0.4 is 11.5 Å². The van der Waals surface area contributed by atoms with Crippen LogP contribution in [0, 0.1) is 0 Å². The Balaban J connectivity index is 0.00000256. The molecule has 0 aromatic heterocycles. The number of benzene rings is 1. The van der Waals surface area contributed by atoms with Gasteiger partial charge in [-0.15, -0.1) is 12.4 Å². The Hall–Kier alpha value is -1.72. The Morgan fingerprint density at radius 2 is 2.06 bits per heavy atom. The lowest BCUT2D eigenvalue weighted by molar-refractivity contribution is -0.162. The Bertz CT molecular complexity index is 421. The number of nitrogen functional groups attached to an aromatic ring is 2. The van der Waals surface area contributed by atoms with E-state index < -0.39 is 0 Å². The quantitative estimate of drug-likeness (QED) is 0.486. The zero-order chi connectivity index (χ0) is 12.1. The molecule has 0 saturated heterocycles. The molecule has 0 fully saturated rings. The maximum Gasteiger partial charge on any atom is 0.269 e. The largest absolute Gasteiger partial charge is 0.399 e. The molecule has 0 aliphatic rings. The van der Waals surface area contributed by atoms with Crippen LogP contribution in [0.2, 0.25) is 0 Å². The lowest BCUT2D eigenvalue weighted by Gasteiger charge is -2.10. The van der Waals surface area contributed by atoms with Crippen molar-refractivity contribution in [1.29, 1.82) is 0 Å². The molecule has 0 heterocycles. The summed E-state index contributed by atoms with van der Waals surface area (Å²) in [4.78, 5) is 16.1. The van der Waals surface area contributed by atoms with Gasteiger partial charge in [-0.1, -0.05) is 0 Å². The number of likely N-dealkylation sites (N-methyl/N-ethyl adjacent to an activating group) is 1. The van der Waals surface area contributed by atoms with Gasteiger partial charge in [0.05, 0.1) is 7.11 Å². The van der Waals surface area contributed by atoms with Gasteiger partial charge in [-0.25, -0.2) is 5.06 Å². The van der Waals surface area contributed by atoms with Crippen molar-refractivity contribution < 1.29 is 9.63 Å². The second-order valence-electron chi connectivity index (χ2n) is 3.24. The molecule has 5 nitrogen and oxygen atoms in total. The Kier molecular flexibility index (Phi) is 6.09. The molecule has 0 bridgehead atoms. The molecule has 0 aliphatic carbocycles. The summed E-state index contributed by atoms with van der Waals surface area (Å²) >= 11 is 0. The van der Waals surface area contributed by atoms with E-state index >= 15 is 0 Å². The van der Waals surface area contributed by atoms with Crippen molar-refractivity contribution in [3.63, 3.8) is 0 Å². The van der Waals surface area contributed by atoms with Crippen LogP contribution >= 0.6 is 12.4 Å². The van der Waals surface area contributed by atoms with Crippen molar-refractivity contribution in [2.75, 3.05) is 25.6 Å². The minimum absolute atomic E-state index is 0. The summed E-state index contributed by atoms with van der Waals surface area (Å²) in [5.74, 6) is -0.274. The number of hydrogen-bond donors (Lipinski definition) is 2. The maximum absolute atomic E-state index is 11.4. The lowest BCUT2D eigenvalue weighted by Crippen LogP contribution is -2.22. The first kappa shape index (κ1) is 15.3. The molecule has 0 unspecified atom stereocenters. The van der Waals surface area contributed by atoms with Gasteiger partial charge < -0.3 is 11.5 Å². The second-order valence-corrected chi connectivity index (χ2v) is 3.24. The van der Waals surface area contributed by atoms with E-state index in [0.29, 0.717) is 16.9 Å². The summed E-state index contributed by atoms with van der Waals surface area (Å²) in [7, 11) is 2.94. The van der Waals surface area contributed by atoms with Crippen LogP contribution in [-0.4, -0.2) is 25.1 Å². The fraction of sp³-hybridized carbons (Fsp3) is 0.182. The molecule has 94 valence electrons. The number of amides is 1. The van der Waals surface area contributed by atoms with Crippen LogP contribution in [0.15, 0.2) is 24.3 Å². The molecule has 1 aromatic rings. The lowest BCUT2D eigenvalue weighted by atomic mass is 10.1. The van der Waals surface area contributed by atoms with Crippen LogP contribution in [0.25, 0.3) is 6.08 Å². The summed E-state index contributed by atoms with van der Waals surface area (Å²) in [5, 5.41) is 1.11. The number of carbonyl (C=O) groups excluding carboxylic acids is 1. The first-order chi connectivity index (χ1) is 7.54. The summed E-state index contributed by atoms with van der Waals surface area (Å²) in [5.41, 5.74) is 13.2. The first-order valence-corrected chi connectivity index (χ1v) is 4.69. The number of nitrogens with two attached hydrogens (primary N) is 2. The highest BCUT2D eigenvalue weighted by Gasteiger charge is 2.03. The summed E-state index contributed by atoms with van der Waals surface area (Å²) in [6.45, 7) is 0. The molecule has 6 heteroatoms. The van der Waals surface area contributed by atoms with Crippen molar-refractivity contribution in [2.24, 2.45) is 0 Å². The molecule has 1 rings (SSSR count). The third kappa shape index (κ3) is 4.34. The van der Waals surface area contributed by atoms with E-state index in [1.54, 1.807) is 24.3 Å². The molecule has 0 atom stereocenters. The molecule has 0 radical (unpaired) electrons. The third-order valence-corrected chi connectivity index (χ3v) is 2.10. The number of halogens is 1. The van der Waals surface area contributed by atoms with Crippen LogP contribution in [0.3, 0.4) is 0 Å². The molecule has 0 saturated carbocycles. The first-order valence-electron chi connectivity index (χ1n) is 4.69. The third-order valence-electron chi connectivity index (χ3n) is 2.10. The number of rotatable bonds is 3. The van der Waals surface area contributed by atoms with Gasteiger partial charge >= 0.3 is 0 Å². The van der Waals surface area contributed by atoms with Crippen LogP contribution in [-0.2, 0) is 9.63 Å². The van der Waals surface area contributed by atoms with Gasteiger partial charge in [0.25, 0.3) is 5.91 Å². The zero-order valence-corrected chi connectivity index (χ0v) is 10.5. The van der Waals surface area contributed by atoms with Crippen molar-refractivity contribution in [3.8, 4) is 0 Å². The second kappa shape index (κ2) is 6.78. The summed E-state index contributed by atoms with van der Waals surface area (Å²) in [6, 6.07) is 5.10. The smallest absolute Gasteiger partial charge is 0.269 e. The predicted octanol–water partition coefficient (Wildman–Crippen LogP) is 1.31. The highest BCUT2D eigenvalue weighted by atomic mass is 35.5. The van der Waals surface area contributed by atoms with Gasteiger partial charge in [0.2, 0.25) is 0 Å². The monoisotopic (exact) mass is 257 g/mol. The summed E-state index contributed by atoms with van der Waals surface area (Å²) < 4.78 is 0. The predicted molar refractivity (Wildman–Crippen MR) is 71.3 cm³/mol. The highest BCUT2D eigenvalue weighted by Crippen LogP contribution is 2.16. The number of anilines is 2. The Morgan fingerprint density at radius 3 is 2.65 bits per heavy atom. The average molecular weight is 258 g/mol. The van der Waals surface area contributed by atoms with Gasteiger partial charge in [-0.05, 0) is 29.8 Å².